The van der Waals surface area contributed by atoms with Gasteiger partial charge in [0.1, 0.15) is 0 Å². The van der Waals surface area contributed by atoms with Crippen LogP contribution in [0.25, 0.3) is 10.8 Å². The average Bonchev–Trinajstić information content (AvgIpc) is 2.15. The number of aromatic nitrogens is 1. The quantitative estimate of drug-likeness (QED) is 0.654. The summed E-state index contributed by atoms with van der Waals surface area (Å²) in [5.41, 5.74) is -0.362. The third-order valence-corrected chi connectivity index (χ3v) is 2.07. The Balaban J connectivity index is 3.02. The Bertz CT molecular complexity index is 514. The van der Waals surface area contributed by atoms with Crippen LogP contribution in [0.5, 0.6) is 5.75 Å². The van der Waals surface area contributed by atoms with Crippen molar-refractivity contribution in [3.63, 3.8) is 0 Å². The second kappa shape index (κ2) is 2.62. The van der Waals surface area contributed by atoms with Crippen molar-refractivity contribution in [2.24, 2.45) is 7.05 Å². The van der Waals surface area contributed by atoms with Crippen LogP contribution in [0.1, 0.15) is 0 Å². The van der Waals surface area contributed by atoms with Crippen molar-refractivity contribution >= 4 is 10.8 Å². The first-order valence-electron chi connectivity index (χ1n) is 3.97. The molecule has 0 aliphatic rings. The second-order valence-corrected chi connectivity index (χ2v) is 2.98. The van der Waals surface area contributed by atoms with Crippen LogP contribution in [0.3, 0.4) is 0 Å². The molecule has 2 rings (SSSR count). The third-order valence-electron chi connectivity index (χ3n) is 2.07. The first-order valence-corrected chi connectivity index (χ1v) is 3.97. The summed E-state index contributed by atoms with van der Waals surface area (Å²) in [5, 5.41) is 11.0. The highest BCUT2D eigenvalue weighted by Gasteiger charge is 2.04. The lowest BCUT2D eigenvalue weighted by Gasteiger charge is -2.02. The third kappa shape index (κ3) is 1.09. The van der Waals surface area contributed by atoms with Gasteiger partial charge in [-0.1, -0.05) is 24.3 Å². The topological polar surface area (TPSA) is 42.2 Å². The van der Waals surface area contributed by atoms with E-state index in [9.17, 15) is 9.90 Å². The Kier molecular flexibility index (Phi) is 1.59. The highest BCUT2D eigenvalue weighted by atomic mass is 16.3. The SMILES string of the molecule is Cn1cc2ccccc2c(O)c1=O. The van der Waals surface area contributed by atoms with E-state index in [1.165, 1.54) is 4.57 Å². The van der Waals surface area contributed by atoms with Crippen LogP contribution in [-0.4, -0.2) is 9.67 Å². The van der Waals surface area contributed by atoms with Crippen molar-refractivity contribution in [1.82, 2.24) is 4.57 Å². The Morgan fingerprint density at radius 2 is 2.00 bits per heavy atom. The van der Waals surface area contributed by atoms with Gasteiger partial charge in [-0.2, -0.15) is 0 Å². The number of aromatic hydroxyl groups is 1. The van der Waals surface area contributed by atoms with Gasteiger partial charge in [0.2, 0.25) is 0 Å². The Morgan fingerprint density at radius 1 is 1.31 bits per heavy atom. The van der Waals surface area contributed by atoms with E-state index in [1.54, 1.807) is 25.4 Å². The fourth-order valence-electron chi connectivity index (χ4n) is 1.37. The Labute approximate surface area is 74.9 Å². The van der Waals surface area contributed by atoms with Crippen LogP contribution in [0.2, 0.25) is 0 Å². The van der Waals surface area contributed by atoms with E-state index in [1.807, 2.05) is 12.1 Å². The molecule has 66 valence electrons. The van der Waals surface area contributed by atoms with Crippen LogP contribution in [0, 0.1) is 0 Å². The Hall–Kier alpha value is -1.77. The lowest BCUT2D eigenvalue weighted by Crippen LogP contribution is -2.14. The van der Waals surface area contributed by atoms with Gasteiger partial charge in [0.15, 0.2) is 5.75 Å². The summed E-state index contributed by atoms with van der Waals surface area (Å²) in [7, 11) is 1.62. The maximum atomic E-state index is 11.3. The minimum absolute atomic E-state index is 0.180. The fraction of sp³-hybridized carbons (Fsp3) is 0.100. The summed E-state index contributed by atoms with van der Waals surface area (Å²) >= 11 is 0. The summed E-state index contributed by atoms with van der Waals surface area (Å²) in [4.78, 5) is 11.3. The molecule has 2 aromatic rings. The number of nitrogens with zero attached hydrogens (tertiary/aromatic N) is 1. The molecule has 0 bridgehead atoms. The molecule has 0 amide bonds. The van der Waals surface area contributed by atoms with Crippen LogP contribution in [0.4, 0.5) is 0 Å². The van der Waals surface area contributed by atoms with Gasteiger partial charge >= 0.3 is 0 Å². The number of hydrogen-bond acceptors (Lipinski definition) is 2. The predicted molar refractivity (Wildman–Crippen MR) is 50.9 cm³/mol. The second-order valence-electron chi connectivity index (χ2n) is 2.98. The molecule has 3 nitrogen and oxygen atoms in total. The zero-order chi connectivity index (χ0) is 9.42. The van der Waals surface area contributed by atoms with Crippen LogP contribution in [0.15, 0.2) is 35.3 Å². The largest absolute Gasteiger partial charge is 0.503 e. The lowest BCUT2D eigenvalue weighted by atomic mass is 10.1. The number of benzene rings is 1. The zero-order valence-corrected chi connectivity index (χ0v) is 7.19. The molecule has 0 saturated carbocycles. The smallest absolute Gasteiger partial charge is 0.293 e. The molecule has 1 heterocycles. The van der Waals surface area contributed by atoms with Crippen molar-refractivity contribution in [1.29, 1.82) is 0 Å². The molecular weight excluding hydrogens is 166 g/mol. The van der Waals surface area contributed by atoms with E-state index in [-0.39, 0.29) is 11.3 Å². The van der Waals surface area contributed by atoms with Gasteiger partial charge in [-0.3, -0.25) is 4.79 Å². The van der Waals surface area contributed by atoms with Crippen molar-refractivity contribution in [3.8, 4) is 5.75 Å². The van der Waals surface area contributed by atoms with Crippen molar-refractivity contribution in [2.75, 3.05) is 0 Å². The number of rotatable bonds is 0. The summed E-state index contributed by atoms with van der Waals surface area (Å²) in [5.74, 6) is -0.180. The first kappa shape index (κ1) is 7.86. The van der Waals surface area contributed by atoms with Crippen molar-refractivity contribution < 1.29 is 5.11 Å². The summed E-state index contributed by atoms with van der Waals surface area (Å²) in [6.07, 6.45) is 1.71. The molecule has 1 N–H and O–H groups in total. The molecule has 0 spiro atoms. The van der Waals surface area contributed by atoms with Crippen LogP contribution in [-0.2, 0) is 7.05 Å². The van der Waals surface area contributed by atoms with E-state index in [2.05, 4.69) is 0 Å². The van der Waals surface area contributed by atoms with E-state index >= 15 is 0 Å². The first-order chi connectivity index (χ1) is 6.20. The standard InChI is InChI=1S/C10H9NO2/c1-11-6-7-4-2-3-5-8(7)9(12)10(11)13/h2-6,12H,1H3. The molecule has 0 atom stereocenters. The van der Waals surface area contributed by atoms with E-state index in [4.69, 9.17) is 0 Å². The number of pyridine rings is 1. The average molecular weight is 175 g/mol. The molecule has 0 unspecified atom stereocenters. The van der Waals surface area contributed by atoms with Gasteiger partial charge < -0.3 is 9.67 Å². The van der Waals surface area contributed by atoms with Gasteiger partial charge in [-0.15, -0.1) is 0 Å². The molecule has 3 heteroatoms. The van der Waals surface area contributed by atoms with E-state index in [0.29, 0.717) is 5.39 Å². The number of fused-ring (bicyclic) bond motifs is 1. The number of aryl methyl sites for hydroxylation is 1. The van der Waals surface area contributed by atoms with Gasteiger partial charge in [-0.05, 0) is 0 Å². The van der Waals surface area contributed by atoms with E-state index < -0.39 is 0 Å². The van der Waals surface area contributed by atoms with Gasteiger partial charge in [0.05, 0.1) is 0 Å². The molecule has 0 aliphatic carbocycles. The highest BCUT2D eigenvalue weighted by molar-refractivity contribution is 5.86. The van der Waals surface area contributed by atoms with E-state index in [0.717, 1.165) is 5.39 Å². The molecule has 1 aromatic heterocycles. The van der Waals surface area contributed by atoms with Gasteiger partial charge in [0, 0.05) is 24.0 Å². The predicted octanol–water partition coefficient (Wildman–Crippen LogP) is 1.24. The minimum atomic E-state index is -0.362. The minimum Gasteiger partial charge on any atom is -0.503 e. The molecule has 13 heavy (non-hydrogen) atoms. The molecule has 0 saturated heterocycles. The van der Waals surface area contributed by atoms with Crippen LogP contribution >= 0.6 is 0 Å². The zero-order valence-electron chi connectivity index (χ0n) is 7.19. The molecule has 0 aliphatic heterocycles. The summed E-state index contributed by atoms with van der Waals surface area (Å²) in [6, 6.07) is 7.24. The van der Waals surface area contributed by atoms with Crippen molar-refractivity contribution in [2.45, 2.75) is 0 Å². The summed E-state index contributed by atoms with van der Waals surface area (Å²) < 4.78 is 1.37. The maximum Gasteiger partial charge on any atom is 0.293 e. The monoisotopic (exact) mass is 175 g/mol. The highest BCUT2D eigenvalue weighted by Crippen LogP contribution is 2.19. The van der Waals surface area contributed by atoms with Crippen LogP contribution < -0.4 is 5.56 Å². The maximum absolute atomic E-state index is 11.3. The molecule has 0 fully saturated rings. The van der Waals surface area contributed by atoms with Gasteiger partial charge in [0.25, 0.3) is 5.56 Å². The van der Waals surface area contributed by atoms with Gasteiger partial charge in [-0.25, -0.2) is 0 Å². The summed E-state index contributed by atoms with van der Waals surface area (Å²) in [6.45, 7) is 0. The lowest BCUT2D eigenvalue weighted by molar-refractivity contribution is 0.468. The number of hydrogen-bond donors (Lipinski definition) is 1. The molecule has 1 aromatic carbocycles. The molecular formula is C10H9NO2. The van der Waals surface area contributed by atoms with Crippen molar-refractivity contribution in [3.05, 3.63) is 40.8 Å². The normalized spacial score (nSPS) is 10.5. The molecule has 0 radical (unpaired) electrons. The Morgan fingerprint density at radius 3 is 2.77 bits per heavy atom. The fourth-order valence-corrected chi connectivity index (χ4v) is 1.37.